The number of hydrogen-bond donors (Lipinski definition) is 1. The van der Waals surface area contributed by atoms with Gasteiger partial charge in [-0.25, -0.2) is 4.79 Å². The van der Waals surface area contributed by atoms with Crippen molar-refractivity contribution < 1.29 is 14.3 Å². The van der Waals surface area contributed by atoms with Crippen molar-refractivity contribution in [2.45, 2.75) is 13.3 Å². The smallest absolute Gasteiger partial charge is 0.328 e. The van der Waals surface area contributed by atoms with Crippen LogP contribution in [0.2, 0.25) is 0 Å². The number of methoxy groups -OCH3 is 1. The van der Waals surface area contributed by atoms with E-state index in [2.05, 4.69) is 5.32 Å². The van der Waals surface area contributed by atoms with Crippen molar-refractivity contribution in [1.29, 1.82) is 0 Å². The van der Waals surface area contributed by atoms with Gasteiger partial charge in [0.25, 0.3) is 0 Å². The number of benzene rings is 1. The third-order valence-electron chi connectivity index (χ3n) is 2.74. The van der Waals surface area contributed by atoms with Gasteiger partial charge in [0.15, 0.2) is 0 Å². The third-order valence-corrected chi connectivity index (χ3v) is 2.74. The van der Waals surface area contributed by atoms with Crippen molar-refractivity contribution in [3.63, 3.8) is 0 Å². The Morgan fingerprint density at radius 1 is 1.35 bits per heavy atom. The molecule has 0 unspecified atom stereocenters. The Labute approximate surface area is 99.4 Å². The molecule has 0 aromatic heterocycles. The van der Waals surface area contributed by atoms with Crippen LogP contribution >= 0.6 is 0 Å². The average molecular weight is 234 g/mol. The fraction of sp³-hybridized carbons (Fsp3) is 0.333. The second-order valence-electron chi connectivity index (χ2n) is 3.91. The average Bonchev–Trinajstić information content (AvgIpc) is 2.29. The molecule has 0 atom stereocenters. The second-order valence-corrected chi connectivity index (χ2v) is 3.91. The van der Waals surface area contributed by atoms with E-state index in [1.807, 2.05) is 19.1 Å². The summed E-state index contributed by atoms with van der Waals surface area (Å²) >= 11 is 0. The zero-order valence-electron chi connectivity index (χ0n) is 9.82. The SMILES string of the molecule is COc1ccc(N2CCC(=O)NC2=O)cc1C. The predicted octanol–water partition coefficient (Wildman–Crippen LogP) is 1.45. The molecule has 2 rings (SSSR count). The van der Waals surface area contributed by atoms with E-state index < -0.39 is 0 Å². The molecule has 0 spiro atoms. The molecule has 1 heterocycles. The number of nitrogens with one attached hydrogen (secondary N) is 1. The van der Waals surface area contributed by atoms with E-state index in [0.717, 1.165) is 17.0 Å². The molecule has 17 heavy (non-hydrogen) atoms. The molecule has 1 aliphatic rings. The monoisotopic (exact) mass is 234 g/mol. The molecule has 1 N–H and O–H groups in total. The Balaban J connectivity index is 2.25. The van der Waals surface area contributed by atoms with Crippen LogP contribution in [0.4, 0.5) is 10.5 Å². The summed E-state index contributed by atoms with van der Waals surface area (Å²) in [4.78, 5) is 24.2. The van der Waals surface area contributed by atoms with E-state index in [9.17, 15) is 9.59 Å². The lowest BCUT2D eigenvalue weighted by Gasteiger charge is -2.27. The van der Waals surface area contributed by atoms with Crippen molar-refractivity contribution in [1.82, 2.24) is 5.32 Å². The zero-order chi connectivity index (χ0) is 12.4. The van der Waals surface area contributed by atoms with Crippen LogP contribution in [0.5, 0.6) is 5.75 Å². The minimum Gasteiger partial charge on any atom is -0.496 e. The Hall–Kier alpha value is -2.04. The van der Waals surface area contributed by atoms with Crippen LogP contribution in [0.15, 0.2) is 18.2 Å². The van der Waals surface area contributed by atoms with Crippen molar-refractivity contribution in [3.05, 3.63) is 23.8 Å². The Morgan fingerprint density at radius 3 is 2.71 bits per heavy atom. The Kier molecular flexibility index (Phi) is 2.99. The van der Waals surface area contributed by atoms with Gasteiger partial charge in [0, 0.05) is 18.7 Å². The Bertz CT molecular complexity index is 471. The zero-order valence-corrected chi connectivity index (χ0v) is 9.82. The molecule has 1 saturated heterocycles. The molecule has 0 aliphatic carbocycles. The number of anilines is 1. The molecule has 1 fully saturated rings. The first-order valence-electron chi connectivity index (χ1n) is 5.38. The van der Waals surface area contributed by atoms with Gasteiger partial charge in [0.05, 0.1) is 7.11 Å². The maximum Gasteiger partial charge on any atom is 0.328 e. The molecule has 0 saturated carbocycles. The summed E-state index contributed by atoms with van der Waals surface area (Å²) < 4.78 is 5.16. The quantitative estimate of drug-likeness (QED) is 0.842. The number of imide groups is 1. The summed E-state index contributed by atoms with van der Waals surface area (Å²) in [5, 5.41) is 2.29. The molecule has 1 aromatic rings. The van der Waals surface area contributed by atoms with Gasteiger partial charge < -0.3 is 4.74 Å². The van der Waals surface area contributed by atoms with Crippen LogP contribution in [0, 0.1) is 6.92 Å². The number of ether oxygens (including phenoxy) is 1. The van der Waals surface area contributed by atoms with Crippen LogP contribution in [-0.4, -0.2) is 25.6 Å². The van der Waals surface area contributed by atoms with E-state index in [0.29, 0.717) is 13.0 Å². The number of nitrogens with zero attached hydrogens (tertiary/aromatic N) is 1. The topological polar surface area (TPSA) is 58.6 Å². The molecule has 0 radical (unpaired) electrons. The van der Waals surface area contributed by atoms with E-state index in [-0.39, 0.29) is 11.9 Å². The van der Waals surface area contributed by atoms with Gasteiger partial charge in [-0.15, -0.1) is 0 Å². The van der Waals surface area contributed by atoms with E-state index in [1.54, 1.807) is 18.1 Å². The maximum absolute atomic E-state index is 11.6. The number of aryl methyl sites for hydroxylation is 1. The first kappa shape index (κ1) is 11.4. The number of hydrogen-bond acceptors (Lipinski definition) is 3. The number of carbonyl (C=O) groups is 2. The van der Waals surface area contributed by atoms with E-state index >= 15 is 0 Å². The normalized spacial score (nSPS) is 15.8. The van der Waals surface area contributed by atoms with Crippen molar-refractivity contribution in [2.24, 2.45) is 0 Å². The fourth-order valence-corrected chi connectivity index (χ4v) is 1.84. The molecule has 1 aromatic carbocycles. The summed E-state index contributed by atoms with van der Waals surface area (Å²) in [6.45, 7) is 2.33. The highest BCUT2D eigenvalue weighted by Crippen LogP contribution is 2.25. The molecule has 5 nitrogen and oxygen atoms in total. The molecular formula is C12H14N2O3. The molecule has 3 amide bonds. The van der Waals surface area contributed by atoms with Crippen molar-refractivity contribution in [2.75, 3.05) is 18.6 Å². The molecule has 1 aliphatic heterocycles. The van der Waals surface area contributed by atoms with Crippen LogP contribution in [0.1, 0.15) is 12.0 Å². The van der Waals surface area contributed by atoms with Gasteiger partial charge in [-0.2, -0.15) is 0 Å². The largest absolute Gasteiger partial charge is 0.496 e. The van der Waals surface area contributed by atoms with Gasteiger partial charge in [0.1, 0.15) is 5.75 Å². The van der Waals surface area contributed by atoms with Crippen LogP contribution in [0.3, 0.4) is 0 Å². The Morgan fingerprint density at radius 2 is 2.12 bits per heavy atom. The van der Waals surface area contributed by atoms with E-state index in [1.165, 1.54) is 0 Å². The lowest BCUT2D eigenvalue weighted by Crippen LogP contribution is -2.49. The highest BCUT2D eigenvalue weighted by Gasteiger charge is 2.24. The lowest BCUT2D eigenvalue weighted by molar-refractivity contribution is -0.120. The summed E-state index contributed by atoms with van der Waals surface area (Å²) in [6.07, 6.45) is 0.330. The van der Waals surface area contributed by atoms with Crippen LogP contribution in [-0.2, 0) is 4.79 Å². The van der Waals surface area contributed by atoms with Gasteiger partial charge in [-0.1, -0.05) is 0 Å². The first-order chi connectivity index (χ1) is 8.11. The summed E-state index contributed by atoms with van der Waals surface area (Å²) in [6, 6.07) is 5.12. The highest BCUT2D eigenvalue weighted by atomic mass is 16.5. The number of rotatable bonds is 2. The minimum absolute atomic E-state index is 0.225. The second kappa shape index (κ2) is 4.45. The third kappa shape index (κ3) is 2.22. The van der Waals surface area contributed by atoms with Gasteiger partial charge in [-0.3, -0.25) is 15.0 Å². The van der Waals surface area contributed by atoms with E-state index in [4.69, 9.17) is 4.74 Å². The number of carbonyl (C=O) groups excluding carboxylic acids is 2. The molecule has 5 heteroatoms. The van der Waals surface area contributed by atoms with Crippen molar-refractivity contribution in [3.8, 4) is 5.75 Å². The molecule has 90 valence electrons. The van der Waals surface area contributed by atoms with Gasteiger partial charge in [0.2, 0.25) is 5.91 Å². The van der Waals surface area contributed by atoms with Crippen LogP contribution in [0.25, 0.3) is 0 Å². The van der Waals surface area contributed by atoms with Gasteiger partial charge >= 0.3 is 6.03 Å². The summed E-state index contributed by atoms with van der Waals surface area (Å²) in [5.74, 6) is 0.554. The summed E-state index contributed by atoms with van der Waals surface area (Å²) in [7, 11) is 1.61. The number of urea groups is 1. The lowest BCUT2D eigenvalue weighted by atomic mass is 10.1. The minimum atomic E-state index is -0.370. The predicted molar refractivity (Wildman–Crippen MR) is 63.2 cm³/mol. The molecule has 0 bridgehead atoms. The maximum atomic E-state index is 11.6. The van der Waals surface area contributed by atoms with Crippen molar-refractivity contribution >= 4 is 17.6 Å². The highest BCUT2D eigenvalue weighted by molar-refractivity contribution is 6.05. The molecular weight excluding hydrogens is 220 g/mol. The summed E-state index contributed by atoms with van der Waals surface area (Å²) in [5.41, 5.74) is 1.73. The number of amides is 3. The first-order valence-corrected chi connectivity index (χ1v) is 5.38. The van der Waals surface area contributed by atoms with Gasteiger partial charge in [-0.05, 0) is 30.7 Å². The van der Waals surface area contributed by atoms with Crippen LogP contribution < -0.4 is 15.0 Å². The fourth-order valence-electron chi connectivity index (χ4n) is 1.84. The standard InChI is InChI=1S/C12H14N2O3/c1-8-7-9(3-4-10(8)17-2)14-6-5-11(15)13-12(14)16/h3-4,7H,5-6H2,1-2H3,(H,13,15,16).